The maximum absolute atomic E-state index is 10.6. The van der Waals surface area contributed by atoms with Crippen LogP contribution >= 0.6 is 0 Å². The van der Waals surface area contributed by atoms with E-state index in [1.807, 2.05) is 6.92 Å². The first-order valence-corrected chi connectivity index (χ1v) is 3.24. The Bertz CT molecular complexity index is 141. The zero-order valence-corrected chi connectivity index (χ0v) is 6.39. The first kappa shape index (κ1) is 9.01. The third kappa shape index (κ3) is 3.12. The highest BCUT2D eigenvalue weighted by molar-refractivity contribution is 5.91. The van der Waals surface area contributed by atoms with Gasteiger partial charge in [0.25, 0.3) is 0 Å². The number of carbonyl (C=O) groups excluding carboxylic acids is 1. The van der Waals surface area contributed by atoms with Gasteiger partial charge in [0.2, 0.25) is 5.91 Å². The van der Waals surface area contributed by atoms with E-state index in [0.717, 1.165) is 6.42 Å². The molecular weight excluding hydrogens is 130 g/mol. The van der Waals surface area contributed by atoms with Gasteiger partial charge in [-0.15, -0.1) is 0 Å². The minimum atomic E-state index is -0.399. The lowest BCUT2D eigenvalue weighted by Crippen LogP contribution is -2.13. The van der Waals surface area contributed by atoms with Gasteiger partial charge in [-0.3, -0.25) is 4.79 Å². The predicted molar refractivity (Wildman–Crippen MR) is 39.2 cm³/mol. The first-order valence-electron chi connectivity index (χ1n) is 3.24. The maximum atomic E-state index is 10.6. The highest BCUT2D eigenvalue weighted by atomic mass is 16.5. The Hall–Kier alpha value is -0.990. The van der Waals surface area contributed by atoms with E-state index in [1.165, 1.54) is 13.4 Å². The molecule has 0 unspecified atom stereocenters. The van der Waals surface area contributed by atoms with Crippen molar-refractivity contribution in [3.8, 4) is 0 Å². The SMILES string of the molecule is CCCC(=COC)C(N)=O. The summed E-state index contributed by atoms with van der Waals surface area (Å²) in [7, 11) is 1.50. The molecule has 0 spiro atoms. The Labute approximate surface area is 60.9 Å². The van der Waals surface area contributed by atoms with E-state index in [2.05, 4.69) is 4.74 Å². The smallest absolute Gasteiger partial charge is 0.247 e. The number of amides is 1. The molecule has 0 atom stereocenters. The molecule has 0 fully saturated rings. The molecular formula is C7H13NO2. The summed E-state index contributed by atoms with van der Waals surface area (Å²) in [6.07, 6.45) is 2.98. The molecule has 0 bridgehead atoms. The molecule has 0 aromatic carbocycles. The van der Waals surface area contributed by atoms with Crippen molar-refractivity contribution in [3.63, 3.8) is 0 Å². The molecule has 58 valence electrons. The van der Waals surface area contributed by atoms with Crippen LogP contribution in [0.2, 0.25) is 0 Å². The summed E-state index contributed by atoms with van der Waals surface area (Å²) >= 11 is 0. The van der Waals surface area contributed by atoms with Crippen molar-refractivity contribution in [1.29, 1.82) is 0 Å². The second kappa shape index (κ2) is 4.85. The van der Waals surface area contributed by atoms with E-state index in [1.54, 1.807) is 0 Å². The van der Waals surface area contributed by atoms with Crippen LogP contribution < -0.4 is 5.73 Å². The van der Waals surface area contributed by atoms with Gasteiger partial charge in [0.05, 0.1) is 18.9 Å². The zero-order valence-electron chi connectivity index (χ0n) is 6.39. The van der Waals surface area contributed by atoms with Crippen LogP contribution in [0.3, 0.4) is 0 Å². The van der Waals surface area contributed by atoms with E-state index < -0.39 is 5.91 Å². The van der Waals surface area contributed by atoms with E-state index in [0.29, 0.717) is 12.0 Å². The fourth-order valence-corrected chi connectivity index (χ4v) is 0.652. The molecule has 0 saturated heterocycles. The van der Waals surface area contributed by atoms with Gasteiger partial charge in [-0.05, 0) is 6.42 Å². The predicted octanol–water partition coefficient (Wildman–Crippen LogP) is 0.802. The van der Waals surface area contributed by atoms with Gasteiger partial charge in [0, 0.05) is 0 Å². The highest BCUT2D eigenvalue weighted by Gasteiger charge is 2.01. The zero-order chi connectivity index (χ0) is 7.98. The summed E-state index contributed by atoms with van der Waals surface area (Å²) in [5, 5.41) is 0. The summed E-state index contributed by atoms with van der Waals surface area (Å²) in [6.45, 7) is 1.98. The van der Waals surface area contributed by atoms with Crippen LogP contribution in [0.4, 0.5) is 0 Å². The Morgan fingerprint density at radius 2 is 2.30 bits per heavy atom. The number of nitrogens with two attached hydrogens (primary N) is 1. The van der Waals surface area contributed by atoms with Crippen LogP contribution in [0.5, 0.6) is 0 Å². The Morgan fingerprint density at radius 3 is 2.60 bits per heavy atom. The monoisotopic (exact) mass is 143 g/mol. The summed E-state index contributed by atoms with van der Waals surface area (Å²) < 4.78 is 4.65. The molecule has 1 amide bonds. The number of methoxy groups -OCH3 is 1. The largest absolute Gasteiger partial charge is 0.504 e. The molecule has 0 rings (SSSR count). The fraction of sp³-hybridized carbons (Fsp3) is 0.571. The number of hydrogen-bond donors (Lipinski definition) is 1. The summed E-state index contributed by atoms with van der Waals surface area (Å²) in [5.74, 6) is -0.399. The molecule has 0 aliphatic carbocycles. The average Bonchev–Trinajstić information content (AvgIpc) is 1.87. The van der Waals surface area contributed by atoms with Gasteiger partial charge in [-0.2, -0.15) is 0 Å². The number of ether oxygens (including phenoxy) is 1. The molecule has 0 aromatic heterocycles. The molecule has 3 heteroatoms. The molecule has 3 nitrogen and oxygen atoms in total. The average molecular weight is 143 g/mol. The molecule has 0 aliphatic heterocycles. The van der Waals surface area contributed by atoms with Crippen molar-refractivity contribution >= 4 is 5.91 Å². The number of carbonyl (C=O) groups is 1. The third-order valence-corrected chi connectivity index (χ3v) is 1.10. The maximum Gasteiger partial charge on any atom is 0.247 e. The van der Waals surface area contributed by atoms with Crippen molar-refractivity contribution in [2.45, 2.75) is 19.8 Å². The summed E-state index contributed by atoms with van der Waals surface area (Å²) in [4.78, 5) is 10.6. The Balaban J connectivity index is 3.98. The van der Waals surface area contributed by atoms with Gasteiger partial charge in [0.15, 0.2) is 0 Å². The molecule has 2 N–H and O–H groups in total. The van der Waals surface area contributed by atoms with Crippen molar-refractivity contribution < 1.29 is 9.53 Å². The normalized spacial score (nSPS) is 11.2. The van der Waals surface area contributed by atoms with Gasteiger partial charge in [0.1, 0.15) is 0 Å². The van der Waals surface area contributed by atoms with Crippen molar-refractivity contribution in [3.05, 3.63) is 11.8 Å². The minimum Gasteiger partial charge on any atom is -0.504 e. The van der Waals surface area contributed by atoms with Gasteiger partial charge >= 0.3 is 0 Å². The van der Waals surface area contributed by atoms with Crippen LogP contribution in [0, 0.1) is 0 Å². The molecule has 0 radical (unpaired) electrons. The molecule has 0 aromatic rings. The molecule has 0 heterocycles. The lowest BCUT2D eigenvalue weighted by atomic mass is 10.2. The van der Waals surface area contributed by atoms with Crippen molar-refractivity contribution in [1.82, 2.24) is 0 Å². The summed E-state index contributed by atoms with van der Waals surface area (Å²) in [6, 6.07) is 0. The second-order valence-corrected chi connectivity index (χ2v) is 1.99. The van der Waals surface area contributed by atoms with Crippen LogP contribution in [0.15, 0.2) is 11.8 Å². The lowest BCUT2D eigenvalue weighted by Gasteiger charge is -1.98. The number of rotatable bonds is 4. The standard InChI is InChI=1S/C7H13NO2/c1-3-4-6(5-10-2)7(8)9/h5H,3-4H2,1-2H3,(H2,8,9). The van der Waals surface area contributed by atoms with Crippen molar-refractivity contribution in [2.75, 3.05) is 7.11 Å². The van der Waals surface area contributed by atoms with E-state index >= 15 is 0 Å². The number of hydrogen-bond acceptors (Lipinski definition) is 2. The van der Waals surface area contributed by atoms with Crippen LogP contribution in [-0.2, 0) is 9.53 Å². The van der Waals surface area contributed by atoms with Gasteiger partial charge in [-0.25, -0.2) is 0 Å². The van der Waals surface area contributed by atoms with Gasteiger partial charge < -0.3 is 10.5 Å². The van der Waals surface area contributed by atoms with E-state index in [9.17, 15) is 4.79 Å². The van der Waals surface area contributed by atoms with Crippen molar-refractivity contribution in [2.24, 2.45) is 5.73 Å². The van der Waals surface area contributed by atoms with E-state index in [4.69, 9.17) is 5.73 Å². The highest BCUT2D eigenvalue weighted by Crippen LogP contribution is 2.02. The molecule has 10 heavy (non-hydrogen) atoms. The lowest BCUT2D eigenvalue weighted by molar-refractivity contribution is -0.114. The third-order valence-electron chi connectivity index (χ3n) is 1.10. The topological polar surface area (TPSA) is 52.3 Å². The fourth-order valence-electron chi connectivity index (χ4n) is 0.652. The Morgan fingerprint density at radius 1 is 1.70 bits per heavy atom. The van der Waals surface area contributed by atoms with Crippen LogP contribution in [-0.4, -0.2) is 13.0 Å². The quantitative estimate of drug-likeness (QED) is 0.467. The molecule has 0 saturated carbocycles. The van der Waals surface area contributed by atoms with Gasteiger partial charge in [-0.1, -0.05) is 13.3 Å². The Kier molecular flexibility index (Phi) is 4.37. The second-order valence-electron chi connectivity index (χ2n) is 1.99. The number of primary amides is 1. The van der Waals surface area contributed by atoms with Crippen LogP contribution in [0.25, 0.3) is 0 Å². The minimum absolute atomic E-state index is 0.399. The van der Waals surface area contributed by atoms with Crippen LogP contribution in [0.1, 0.15) is 19.8 Å². The summed E-state index contributed by atoms with van der Waals surface area (Å²) in [5.41, 5.74) is 5.57. The molecule has 0 aliphatic rings. The van der Waals surface area contributed by atoms with E-state index in [-0.39, 0.29) is 0 Å². The first-order chi connectivity index (χ1) is 4.72.